The van der Waals surface area contributed by atoms with Crippen molar-refractivity contribution >= 4 is 27.7 Å². The summed E-state index contributed by atoms with van der Waals surface area (Å²) < 4.78 is 0.954. The van der Waals surface area contributed by atoms with Crippen molar-refractivity contribution in [2.24, 2.45) is 0 Å². The summed E-state index contributed by atoms with van der Waals surface area (Å²) in [5, 5.41) is 3.08. The van der Waals surface area contributed by atoms with E-state index in [2.05, 4.69) is 59.4 Å². The minimum absolute atomic E-state index is 0.0129. The highest BCUT2D eigenvalue weighted by atomic mass is 79.9. The fourth-order valence-corrected chi connectivity index (χ4v) is 4.68. The number of unbranched alkanes of at least 4 members (excludes halogenated alkanes) is 1. The van der Waals surface area contributed by atoms with Crippen LogP contribution < -0.4 is 5.32 Å². The Morgan fingerprint density at radius 2 is 1.56 bits per heavy atom. The third-order valence-electron chi connectivity index (χ3n) is 6.40. The van der Waals surface area contributed by atoms with Gasteiger partial charge in [-0.3, -0.25) is 9.59 Å². The molecule has 3 aromatic carbocycles. The Bertz CT molecular complexity index is 1100. The summed E-state index contributed by atoms with van der Waals surface area (Å²) in [7, 11) is 0. The van der Waals surface area contributed by atoms with E-state index in [1.165, 1.54) is 5.56 Å². The van der Waals surface area contributed by atoms with Gasteiger partial charge in [0.05, 0.1) is 0 Å². The maximum Gasteiger partial charge on any atom is 0.243 e. The Kier molecular flexibility index (Phi) is 11.2. The molecule has 36 heavy (non-hydrogen) atoms. The van der Waals surface area contributed by atoms with E-state index < -0.39 is 6.04 Å². The molecule has 3 aromatic rings. The van der Waals surface area contributed by atoms with Crippen LogP contribution in [0.1, 0.15) is 55.4 Å². The molecule has 1 atom stereocenters. The molecule has 1 N–H and O–H groups in total. The largest absolute Gasteiger partial charge is 0.354 e. The first-order valence-corrected chi connectivity index (χ1v) is 13.7. The van der Waals surface area contributed by atoms with Crippen LogP contribution in [0.5, 0.6) is 0 Å². The molecule has 0 aromatic heterocycles. The Morgan fingerprint density at radius 3 is 2.22 bits per heavy atom. The molecular weight excluding hydrogens is 512 g/mol. The number of carbonyl (C=O) groups excluding carboxylic acids is 2. The van der Waals surface area contributed by atoms with Gasteiger partial charge in [-0.25, -0.2) is 0 Å². The summed E-state index contributed by atoms with van der Waals surface area (Å²) in [6.07, 6.45) is 4.39. The lowest BCUT2D eigenvalue weighted by molar-refractivity contribution is -0.141. The summed E-state index contributed by atoms with van der Waals surface area (Å²) in [6, 6.07) is 25.8. The molecule has 4 nitrogen and oxygen atoms in total. The number of hydrogen-bond donors (Lipinski definition) is 1. The zero-order valence-corrected chi connectivity index (χ0v) is 23.0. The number of hydrogen-bond acceptors (Lipinski definition) is 2. The third-order valence-corrected chi connectivity index (χ3v) is 6.89. The first-order chi connectivity index (χ1) is 17.5. The Balaban J connectivity index is 1.86. The molecule has 0 radical (unpaired) electrons. The van der Waals surface area contributed by atoms with Crippen LogP contribution >= 0.6 is 15.9 Å². The molecule has 0 spiro atoms. The van der Waals surface area contributed by atoms with Crippen molar-refractivity contribution in [1.29, 1.82) is 0 Å². The van der Waals surface area contributed by atoms with Crippen LogP contribution in [0, 0.1) is 0 Å². The van der Waals surface area contributed by atoms with Gasteiger partial charge in [-0.2, -0.15) is 0 Å². The molecule has 0 heterocycles. The molecule has 190 valence electrons. The normalized spacial score (nSPS) is 11.6. The fourth-order valence-electron chi connectivity index (χ4n) is 4.23. The van der Waals surface area contributed by atoms with Crippen LogP contribution in [-0.4, -0.2) is 29.3 Å². The van der Waals surface area contributed by atoms with E-state index in [-0.39, 0.29) is 11.8 Å². The van der Waals surface area contributed by atoms with Gasteiger partial charge in [0.2, 0.25) is 11.8 Å². The Morgan fingerprint density at radius 1 is 0.861 bits per heavy atom. The first-order valence-electron chi connectivity index (χ1n) is 12.9. The van der Waals surface area contributed by atoms with Gasteiger partial charge in [0.25, 0.3) is 0 Å². The molecule has 0 fully saturated rings. The topological polar surface area (TPSA) is 49.4 Å². The van der Waals surface area contributed by atoms with E-state index in [1.54, 1.807) is 4.90 Å². The summed E-state index contributed by atoms with van der Waals surface area (Å²) >= 11 is 3.54. The average Bonchev–Trinajstić information content (AvgIpc) is 2.90. The third kappa shape index (κ3) is 8.63. The van der Waals surface area contributed by atoms with Crippen molar-refractivity contribution in [3.63, 3.8) is 0 Å². The van der Waals surface area contributed by atoms with Crippen LogP contribution in [0.3, 0.4) is 0 Å². The quantitative estimate of drug-likeness (QED) is 0.248. The number of carbonyl (C=O) groups is 2. The lowest BCUT2D eigenvalue weighted by Crippen LogP contribution is -2.50. The number of amides is 2. The van der Waals surface area contributed by atoms with Crippen LogP contribution in [0.15, 0.2) is 83.3 Å². The molecule has 0 saturated heterocycles. The van der Waals surface area contributed by atoms with Crippen molar-refractivity contribution in [3.8, 4) is 0 Å². The molecule has 0 bridgehead atoms. The maximum atomic E-state index is 13.7. The first kappa shape index (κ1) is 27.7. The van der Waals surface area contributed by atoms with Crippen LogP contribution in [-0.2, 0) is 35.4 Å². The predicted molar refractivity (Wildman–Crippen MR) is 151 cm³/mol. The predicted octanol–water partition coefficient (Wildman–Crippen LogP) is 6.50. The highest BCUT2D eigenvalue weighted by Gasteiger charge is 2.30. The van der Waals surface area contributed by atoms with E-state index in [9.17, 15) is 9.59 Å². The zero-order chi connectivity index (χ0) is 25.8. The number of halogens is 1. The van der Waals surface area contributed by atoms with Gasteiger partial charge in [0, 0.05) is 30.4 Å². The average molecular weight is 550 g/mol. The second-order valence-electron chi connectivity index (χ2n) is 9.17. The number of aryl methyl sites for hydroxylation is 2. The van der Waals surface area contributed by atoms with Crippen LogP contribution in [0.2, 0.25) is 0 Å². The molecule has 5 heteroatoms. The monoisotopic (exact) mass is 548 g/mol. The molecule has 0 aliphatic carbocycles. The lowest BCUT2D eigenvalue weighted by Gasteiger charge is -2.32. The molecule has 0 aliphatic heterocycles. The standard InChI is InChI=1S/C31H37BrN2O2/c1-3-5-20-33-31(36)29(22-26-10-7-6-8-11-26)34(23-27-12-9-13-28(32)21-27)30(35)19-18-25-16-14-24(4-2)15-17-25/h6-17,21,29H,3-5,18-20,22-23H2,1-2H3,(H,33,36)/t29-/m1/s1. The maximum absolute atomic E-state index is 13.7. The van der Waals surface area contributed by atoms with Crippen molar-refractivity contribution < 1.29 is 9.59 Å². The van der Waals surface area contributed by atoms with Crippen LogP contribution in [0.4, 0.5) is 0 Å². The van der Waals surface area contributed by atoms with Gasteiger partial charge < -0.3 is 10.2 Å². The molecule has 3 rings (SSSR count). The molecule has 0 aliphatic rings. The summed E-state index contributed by atoms with van der Waals surface area (Å²) in [5.41, 5.74) is 4.45. The second kappa shape index (κ2) is 14.6. The van der Waals surface area contributed by atoms with Crippen molar-refractivity contribution in [1.82, 2.24) is 10.2 Å². The van der Waals surface area contributed by atoms with Gasteiger partial charge in [-0.1, -0.05) is 103 Å². The summed E-state index contributed by atoms with van der Waals surface area (Å²) in [4.78, 5) is 29.0. The van der Waals surface area contributed by atoms with E-state index in [0.717, 1.165) is 40.4 Å². The number of nitrogens with one attached hydrogen (secondary N) is 1. The number of benzene rings is 3. The summed E-state index contributed by atoms with van der Waals surface area (Å²) in [6.45, 7) is 5.23. The highest BCUT2D eigenvalue weighted by Crippen LogP contribution is 2.19. The van der Waals surface area contributed by atoms with E-state index in [0.29, 0.717) is 32.4 Å². The lowest BCUT2D eigenvalue weighted by atomic mass is 10.0. The van der Waals surface area contributed by atoms with Crippen molar-refractivity contribution in [2.75, 3.05) is 6.54 Å². The van der Waals surface area contributed by atoms with Gasteiger partial charge in [-0.15, -0.1) is 0 Å². The van der Waals surface area contributed by atoms with E-state index in [1.807, 2.05) is 54.6 Å². The smallest absolute Gasteiger partial charge is 0.243 e. The van der Waals surface area contributed by atoms with E-state index >= 15 is 0 Å². The van der Waals surface area contributed by atoms with Crippen molar-refractivity contribution in [2.45, 2.75) is 65.0 Å². The van der Waals surface area contributed by atoms with Crippen LogP contribution in [0.25, 0.3) is 0 Å². The number of nitrogens with zero attached hydrogens (tertiary/aromatic N) is 1. The van der Waals surface area contributed by atoms with Gasteiger partial charge in [0.15, 0.2) is 0 Å². The Labute approximate surface area is 224 Å². The molecule has 0 unspecified atom stereocenters. The van der Waals surface area contributed by atoms with Gasteiger partial charge >= 0.3 is 0 Å². The summed E-state index contributed by atoms with van der Waals surface area (Å²) in [5.74, 6) is -0.107. The second-order valence-corrected chi connectivity index (χ2v) is 10.1. The molecule has 2 amide bonds. The van der Waals surface area contributed by atoms with Crippen molar-refractivity contribution in [3.05, 3.63) is 106 Å². The number of rotatable bonds is 13. The van der Waals surface area contributed by atoms with Gasteiger partial charge in [0.1, 0.15) is 6.04 Å². The van der Waals surface area contributed by atoms with Gasteiger partial charge in [-0.05, 0) is 53.6 Å². The molecule has 0 saturated carbocycles. The minimum Gasteiger partial charge on any atom is -0.354 e. The fraction of sp³-hybridized carbons (Fsp3) is 0.355. The highest BCUT2D eigenvalue weighted by molar-refractivity contribution is 9.10. The molecular formula is C31H37BrN2O2. The zero-order valence-electron chi connectivity index (χ0n) is 21.4. The minimum atomic E-state index is -0.585. The van der Waals surface area contributed by atoms with E-state index in [4.69, 9.17) is 0 Å². The SMILES string of the molecule is CCCCNC(=O)[C@@H](Cc1ccccc1)N(Cc1cccc(Br)c1)C(=O)CCc1ccc(CC)cc1. The Hall–Kier alpha value is -2.92.